The average Bonchev–Trinajstić information content (AvgIpc) is 3.57. The second-order valence-electron chi connectivity index (χ2n) is 10.3. The molecule has 178 valence electrons. The normalized spacial score (nSPS) is 16.8. The molecule has 0 saturated heterocycles. The van der Waals surface area contributed by atoms with Gasteiger partial charge in [0.05, 0.1) is 10.4 Å². The van der Waals surface area contributed by atoms with E-state index >= 15 is 0 Å². The zero-order valence-electron chi connectivity index (χ0n) is 20.1. The van der Waals surface area contributed by atoms with E-state index in [4.69, 9.17) is 23.2 Å². The number of fused-ring (bicyclic) bond motifs is 16. The molecule has 0 N–H and O–H groups in total. The van der Waals surface area contributed by atoms with Gasteiger partial charge >= 0.3 is 0 Å². The first-order chi connectivity index (χ1) is 18.7. The van der Waals surface area contributed by atoms with E-state index in [-0.39, 0.29) is 0 Å². The minimum absolute atomic E-state index is 0.487. The highest BCUT2D eigenvalue weighted by molar-refractivity contribution is 7.26. The summed E-state index contributed by atoms with van der Waals surface area (Å²) in [6.07, 6.45) is 0. The van der Waals surface area contributed by atoms with Crippen molar-refractivity contribution in [2.75, 3.05) is 0 Å². The topological polar surface area (TPSA) is 0 Å². The lowest BCUT2D eigenvalue weighted by Crippen LogP contribution is -2.25. The molecule has 1 aromatic heterocycles. The summed E-state index contributed by atoms with van der Waals surface area (Å²) in [6, 6.07) is 39.5. The van der Waals surface area contributed by atoms with Crippen molar-refractivity contribution in [1.82, 2.24) is 0 Å². The molecule has 0 aliphatic heterocycles. The summed E-state index contributed by atoms with van der Waals surface area (Å²) in [5.74, 6) is 0. The van der Waals surface area contributed by atoms with E-state index in [1.54, 1.807) is 0 Å². The zero-order chi connectivity index (χ0) is 25.2. The van der Waals surface area contributed by atoms with Crippen molar-refractivity contribution in [3.63, 3.8) is 0 Å². The maximum Gasteiger partial charge on any atom is 0.0727 e. The van der Waals surface area contributed by atoms with Crippen LogP contribution in [0.25, 0.3) is 53.2 Å². The van der Waals surface area contributed by atoms with Crippen molar-refractivity contribution in [3.05, 3.63) is 141 Å². The van der Waals surface area contributed by atoms with Gasteiger partial charge in [-0.25, -0.2) is 0 Å². The van der Waals surface area contributed by atoms with Gasteiger partial charge in [0.2, 0.25) is 0 Å². The van der Waals surface area contributed by atoms with Gasteiger partial charge in [0, 0.05) is 30.8 Å². The predicted octanol–water partition coefficient (Wildman–Crippen LogP) is 10.9. The third-order valence-electron chi connectivity index (χ3n) is 8.59. The van der Waals surface area contributed by atoms with Crippen molar-refractivity contribution in [1.29, 1.82) is 0 Å². The van der Waals surface area contributed by atoms with Crippen molar-refractivity contribution in [3.8, 4) is 22.3 Å². The van der Waals surface area contributed by atoms with Gasteiger partial charge in [0.1, 0.15) is 0 Å². The van der Waals surface area contributed by atoms with Crippen molar-refractivity contribution < 1.29 is 0 Å². The van der Waals surface area contributed by atoms with Gasteiger partial charge in [-0.1, -0.05) is 108 Å². The molecule has 0 nitrogen and oxygen atoms in total. The largest absolute Gasteiger partial charge is 0.134 e. The number of rotatable bonds is 0. The van der Waals surface area contributed by atoms with E-state index in [1.807, 2.05) is 17.4 Å². The molecule has 1 atom stereocenters. The van der Waals surface area contributed by atoms with Crippen LogP contribution in [0.15, 0.2) is 109 Å². The summed E-state index contributed by atoms with van der Waals surface area (Å²) in [6.45, 7) is 0. The molecule has 0 saturated carbocycles. The van der Waals surface area contributed by atoms with Crippen LogP contribution in [0.5, 0.6) is 0 Å². The molecule has 38 heavy (non-hydrogen) atoms. The summed E-state index contributed by atoms with van der Waals surface area (Å²) in [5.41, 5.74) is 9.72. The van der Waals surface area contributed by atoms with Crippen LogP contribution >= 0.6 is 34.5 Å². The molecule has 2 aliphatic carbocycles. The molecule has 0 amide bonds. The Bertz CT molecular complexity index is 2170. The summed E-state index contributed by atoms with van der Waals surface area (Å²) in [7, 11) is 0. The van der Waals surface area contributed by atoms with Crippen LogP contribution in [0.3, 0.4) is 0 Å². The molecule has 0 radical (unpaired) electrons. The number of benzene rings is 6. The molecular weight excluding hydrogens is 523 g/mol. The molecule has 7 aromatic rings. The van der Waals surface area contributed by atoms with Crippen LogP contribution in [0.2, 0.25) is 10.0 Å². The van der Waals surface area contributed by atoms with Gasteiger partial charge in [-0.3, -0.25) is 0 Å². The third kappa shape index (κ3) is 2.40. The minimum Gasteiger partial charge on any atom is -0.134 e. The Labute approximate surface area is 233 Å². The molecule has 0 fully saturated rings. The number of hydrogen-bond donors (Lipinski definition) is 0. The SMILES string of the molecule is Clc1ccc2c(c1)C1(c3ccccc3-c3c1ccc1ccccc31)c1cc(Cl)c3c(sc4ccccc43)c1-2. The molecule has 1 unspecified atom stereocenters. The molecule has 3 heteroatoms. The standard InChI is InChI=1S/C35H18Cl2S/c36-20-14-15-23-27(17-20)35(28-18-29(37)33-24-10-4-6-12-30(24)38-34(33)32(23)28)25-11-5-3-9-22(25)31-21-8-2-1-7-19(21)13-16-26(31)35/h1-18H. The quantitative estimate of drug-likeness (QED) is 0.179. The summed E-state index contributed by atoms with van der Waals surface area (Å²) < 4.78 is 2.51. The molecule has 0 bridgehead atoms. The Kier molecular flexibility index (Phi) is 4.08. The smallest absolute Gasteiger partial charge is 0.0727 e. The van der Waals surface area contributed by atoms with E-state index < -0.39 is 5.41 Å². The highest BCUT2D eigenvalue weighted by Crippen LogP contribution is 2.66. The fourth-order valence-corrected chi connectivity index (χ4v) is 9.06. The summed E-state index contributed by atoms with van der Waals surface area (Å²) in [4.78, 5) is 0. The fourth-order valence-electron chi connectivity index (χ4n) is 7.23. The van der Waals surface area contributed by atoms with Gasteiger partial charge in [-0.05, 0) is 74.0 Å². The molecule has 6 aromatic carbocycles. The van der Waals surface area contributed by atoms with E-state index in [0.717, 1.165) is 15.4 Å². The van der Waals surface area contributed by atoms with Crippen LogP contribution in [-0.2, 0) is 5.41 Å². The first-order valence-corrected chi connectivity index (χ1v) is 14.3. The van der Waals surface area contributed by atoms with Gasteiger partial charge in [-0.2, -0.15) is 0 Å². The predicted molar refractivity (Wildman–Crippen MR) is 163 cm³/mol. The maximum atomic E-state index is 7.23. The second kappa shape index (κ2) is 7.27. The van der Waals surface area contributed by atoms with E-state index in [2.05, 4.69) is 103 Å². The lowest BCUT2D eigenvalue weighted by atomic mass is 9.70. The lowest BCUT2D eigenvalue weighted by Gasteiger charge is -2.30. The van der Waals surface area contributed by atoms with Crippen LogP contribution in [-0.4, -0.2) is 0 Å². The Morgan fingerprint density at radius 2 is 1.32 bits per heavy atom. The molecule has 1 spiro atoms. The highest BCUT2D eigenvalue weighted by atomic mass is 35.5. The Morgan fingerprint density at radius 1 is 0.553 bits per heavy atom. The first-order valence-electron chi connectivity index (χ1n) is 12.7. The van der Waals surface area contributed by atoms with E-state index in [9.17, 15) is 0 Å². The van der Waals surface area contributed by atoms with Crippen molar-refractivity contribution in [2.24, 2.45) is 0 Å². The van der Waals surface area contributed by atoms with Crippen molar-refractivity contribution >= 4 is 65.5 Å². The minimum atomic E-state index is -0.487. The number of thiophene rings is 1. The van der Waals surface area contributed by atoms with Gasteiger partial charge in [0.25, 0.3) is 0 Å². The van der Waals surface area contributed by atoms with Crippen LogP contribution in [0, 0.1) is 0 Å². The van der Waals surface area contributed by atoms with E-state index in [0.29, 0.717) is 0 Å². The monoisotopic (exact) mass is 540 g/mol. The summed E-state index contributed by atoms with van der Waals surface area (Å²) >= 11 is 15.8. The maximum absolute atomic E-state index is 7.23. The van der Waals surface area contributed by atoms with Crippen molar-refractivity contribution in [2.45, 2.75) is 5.41 Å². The molecule has 9 rings (SSSR count). The average molecular weight is 542 g/mol. The fraction of sp³-hybridized carbons (Fsp3) is 0.0286. The molecule has 1 heterocycles. The number of halogens is 2. The van der Waals surface area contributed by atoms with Gasteiger partial charge < -0.3 is 0 Å². The van der Waals surface area contributed by atoms with E-state index in [1.165, 1.54) is 70.1 Å². The van der Waals surface area contributed by atoms with Crippen LogP contribution in [0.4, 0.5) is 0 Å². The molecule has 2 aliphatic rings. The Morgan fingerprint density at radius 3 is 2.24 bits per heavy atom. The lowest BCUT2D eigenvalue weighted by molar-refractivity contribution is 0.795. The number of hydrogen-bond acceptors (Lipinski definition) is 1. The summed E-state index contributed by atoms with van der Waals surface area (Å²) in [5, 5.41) is 6.45. The zero-order valence-corrected chi connectivity index (χ0v) is 22.4. The van der Waals surface area contributed by atoms with Crippen LogP contribution < -0.4 is 0 Å². The highest BCUT2D eigenvalue weighted by Gasteiger charge is 2.53. The van der Waals surface area contributed by atoms with Crippen LogP contribution in [0.1, 0.15) is 22.3 Å². The second-order valence-corrected chi connectivity index (χ2v) is 12.2. The first kappa shape index (κ1) is 21.3. The Balaban J connectivity index is 1.55. The Hall–Kier alpha value is -3.62. The van der Waals surface area contributed by atoms with Gasteiger partial charge in [0.15, 0.2) is 0 Å². The third-order valence-corrected chi connectivity index (χ3v) is 10.3. The van der Waals surface area contributed by atoms with Gasteiger partial charge in [-0.15, -0.1) is 11.3 Å². The molecular formula is C35H18Cl2S.